The topological polar surface area (TPSA) is 46.5 Å². The van der Waals surface area contributed by atoms with Crippen LogP contribution in [0.25, 0.3) is 11.1 Å². The standard InChI is InChI=1S/C15H11F3O3/c1-9-3-2-4-10(5-9)11-6-12(14(19)20)8-13(7-11)21-15(16,17)18/h2-8H,1H3,(H,19,20). The zero-order valence-corrected chi connectivity index (χ0v) is 10.9. The van der Waals surface area contributed by atoms with Crippen LogP contribution in [0.1, 0.15) is 15.9 Å². The van der Waals surface area contributed by atoms with Gasteiger partial charge in [-0.05, 0) is 36.2 Å². The van der Waals surface area contributed by atoms with Crippen LogP contribution in [0.5, 0.6) is 5.75 Å². The van der Waals surface area contributed by atoms with Crippen molar-refractivity contribution in [1.82, 2.24) is 0 Å². The summed E-state index contributed by atoms with van der Waals surface area (Å²) in [7, 11) is 0. The number of alkyl halides is 3. The monoisotopic (exact) mass is 296 g/mol. The minimum absolute atomic E-state index is 0.270. The molecular formula is C15H11F3O3. The van der Waals surface area contributed by atoms with Gasteiger partial charge in [-0.2, -0.15) is 0 Å². The Balaban J connectivity index is 2.52. The Bertz CT molecular complexity index is 678. The van der Waals surface area contributed by atoms with E-state index in [2.05, 4.69) is 4.74 Å². The van der Waals surface area contributed by atoms with E-state index in [0.29, 0.717) is 11.1 Å². The van der Waals surface area contributed by atoms with Gasteiger partial charge in [0, 0.05) is 0 Å². The lowest BCUT2D eigenvalue weighted by molar-refractivity contribution is -0.274. The molecule has 0 unspecified atom stereocenters. The Morgan fingerprint density at radius 1 is 1.10 bits per heavy atom. The number of aryl methyl sites for hydroxylation is 1. The van der Waals surface area contributed by atoms with Crippen molar-refractivity contribution in [2.45, 2.75) is 13.3 Å². The van der Waals surface area contributed by atoms with E-state index in [1.165, 1.54) is 6.07 Å². The molecule has 0 aliphatic heterocycles. The highest BCUT2D eigenvalue weighted by Crippen LogP contribution is 2.30. The van der Waals surface area contributed by atoms with Gasteiger partial charge < -0.3 is 9.84 Å². The van der Waals surface area contributed by atoms with Crippen LogP contribution in [-0.2, 0) is 0 Å². The molecule has 0 radical (unpaired) electrons. The molecule has 0 aliphatic rings. The lowest BCUT2D eigenvalue weighted by Gasteiger charge is -2.12. The lowest BCUT2D eigenvalue weighted by Crippen LogP contribution is -2.17. The van der Waals surface area contributed by atoms with E-state index in [-0.39, 0.29) is 5.56 Å². The largest absolute Gasteiger partial charge is 0.573 e. The molecule has 0 saturated heterocycles. The van der Waals surface area contributed by atoms with Gasteiger partial charge in [0.25, 0.3) is 0 Å². The van der Waals surface area contributed by atoms with E-state index >= 15 is 0 Å². The van der Waals surface area contributed by atoms with Crippen molar-refractivity contribution < 1.29 is 27.8 Å². The van der Waals surface area contributed by atoms with Crippen LogP contribution in [0.2, 0.25) is 0 Å². The van der Waals surface area contributed by atoms with Crippen LogP contribution in [0.4, 0.5) is 13.2 Å². The van der Waals surface area contributed by atoms with Crippen molar-refractivity contribution in [3.8, 4) is 16.9 Å². The Morgan fingerprint density at radius 3 is 2.38 bits per heavy atom. The van der Waals surface area contributed by atoms with Crippen molar-refractivity contribution >= 4 is 5.97 Å². The molecule has 0 saturated carbocycles. The van der Waals surface area contributed by atoms with Crippen LogP contribution in [-0.4, -0.2) is 17.4 Å². The molecule has 0 aromatic heterocycles. The first kappa shape index (κ1) is 14.9. The van der Waals surface area contributed by atoms with Crippen LogP contribution >= 0.6 is 0 Å². The Kier molecular flexibility index (Phi) is 3.88. The molecular weight excluding hydrogens is 285 g/mol. The predicted molar refractivity (Wildman–Crippen MR) is 70.3 cm³/mol. The smallest absolute Gasteiger partial charge is 0.478 e. The lowest BCUT2D eigenvalue weighted by atomic mass is 10.0. The molecule has 110 valence electrons. The third-order valence-corrected chi connectivity index (χ3v) is 2.74. The average molecular weight is 296 g/mol. The number of carbonyl (C=O) groups is 1. The molecule has 2 aromatic rings. The SMILES string of the molecule is Cc1cccc(-c2cc(OC(F)(F)F)cc(C(=O)O)c2)c1. The Labute approximate surface area is 118 Å². The molecule has 0 atom stereocenters. The number of aromatic carboxylic acids is 1. The summed E-state index contributed by atoms with van der Waals surface area (Å²) in [6, 6.07) is 10.3. The van der Waals surface area contributed by atoms with Gasteiger partial charge >= 0.3 is 12.3 Å². The van der Waals surface area contributed by atoms with Gasteiger partial charge in [0.1, 0.15) is 5.75 Å². The van der Waals surface area contributed by atoms with E-state index in [9.17, 15) is 18.0 Å². The number of hydrogen-bond acceptors (Lipinski definition) is 2. The average Bonchev–Trinajstić information content (AvgIpc) is 2.36. The van der Waals surface area contributed by atoms with Crippen LogP contribution in [0.15, 0.2) is 42.5 Å². The van der Waals surface area contributed by atoms with Crippen LogP contribution < -0.4 is 4.74 Å². The summed E-state index contributed by atoms with van der Waals surface area (Å²) >= 11 is 0. The molecule has 0 aliphatic carbocycles. The number of halogens is 3. The number of ether oxygens (including phenoxy) is 1. The summed E-state index contributed by atoms with van der Waals surface area (Å²) in [5.41, 5.74) is 1.60. The zero-order valence-electron chi connectivity index (χ0n) is 10.9. The maximum atomic E-state index is 12.3. The zero-order chi connectivity index (χ0) is 15.6. The number of hydrogen-bond donors (Lipinski definition) is 1. The molecule has 0 fully saturated rings. The van der Waals surface area contributed by atoms with E-state index in [4.69, 9.17) is 5.11 Å². The van der Waals surface area contributed by atoms with E-state index in [1.807, 2.05) is 13.0 Å². The summed E-state index contributed by atoms with van der Waals surface area (Å²) in [4.78, 5) is 11.0. The predicted octanol–water partition coefficient (Wildman–Crippen LogP) is 4.26. The number of carboxylic acids is 1. The second-order valence-corrected chi connectivity index (χ2v) is 4.47. The number of carboxylic acid groups (broad SMARTS) is 1. The van der Waals surface area contributed by atoms with Crippen molar-refractivity contribution in [2.75, 3.05) is 0 Å². The molecule has 3 nitrogen and oxygen atoms in total. The van der Waals surface area contributed by atoms with E-state index in [0.717, 1.165) is 17.7 Å². The first-order valence-corrected chi connectivity index (χ1v) is 5.96. The van der Waals surface area contributed by atoms with Crippen LogP contribution in [0, 0.1) is 6.92 Å². The normalized spacial score (nSPS) is 11.2. The number of rotatable bonds is 3. The minimum atomic E-state index is -4.87. The highest BCUT2D eigenvalue weighted by Gasteiger charge is 2.31. The van der Waals surface area contributed by atoms with Gasteiger partial charge in [0.2, 0.25) is 0 Å². The Hall–Kier alpha value is -2.50. The minimum Gasteiger partial charge on any atom is -0.478 e. The second-order valence-electron chi connectivity index (χ2n) is 4.47. The third kappa shape index (κ3) is 3.98. The van der Waals surface area contributed by atoms with E-state index < -0.39 is 18.1 Å². The van der Waals surface area contributed by atoms with Crippen molar-refractivity contribution in [3.05, 3.63) is 53.6 Å². The molecule has 2 rings (SSSR count). The number of benzene rings is 2. The summed E-state index contributed by atoms with van der Waals surface area (Å²) in [6.07, 6.45) is -4.87. The molecule has 0 spiro atoms. The third-order valence-electron chi connectivity index (χ3n) is 2.74. The molecule has 2 aromatic carbocycles. The van der Waals surface area contributed by atoms with Crippen LogP contribution in [0.3, 0.4) is 0 Å². The highest BCUT2D eigenvalue weighted by atomic mass is 19.4. The van der Waals surface area contributed by atoms with Gasteiger partial charge in [-0.15, -0.1) is 13.2 Å². The van der Waals surface area contributed by atoms with Crippen molar-refractivity contribution in [2.24, 2.45) is 0 Å². The van der Waals surface area contributed by atoms with Gasteiger partial charge in [0.15, 0.2) is 0 Å². The van der Waals surface area contributed by atoms with Gasteiger partial charge in [-0.3, -0.25) is 0 Å². The quantitative estimate of drug-likeness (QED) is 0.920. The summed E-state index contributed by atoms with van der Waals surface area (Å²) in [5.74, 6) is -1.88. The summed E-state index contributed by atoms with van der Waals surface area (Å²) < 4.78 is 40.7. The summed E-state index contributed by atoms with van der Waals surface area (Å²) in [5, 5.41) is 9.00. The van der Waals surface area contributed by atoms with E-state index in [1.54, 1.807) is 18.2 Å². The first-order chi connectivity index (χ1) is 9.74. The van der Waals surface area contributed by atoms with Gasteiger partial charge in [0.05, 0.1) is 5.56 Å². The second kappa shape index (κ2) is 5.47. The Morgan fingerprint density at radius 2 is 1.81 bits per heavy atom. The van der Waals surface area contributed by atoms with Crippen molar-refractivity contribution in [3.63, 3.8) is 0 Å². The molecule has 0 amide bonds. The molecule has 21 heavy (non-hydrogen) atoms. The first-order valence-electron chi connectivity index (χ1n) is 5.96. The maximum absolute atomic E-state index is 12.3. The molecule has 0 bridgehead atoms. The fourth-order valence-corrected chi connectivity index (χ4v) is 1.91. The molecule has 1 N–H and O–H groups in total. The molecule has 6 heteroatoms. The fraction of sp³-hybridized carbons (Fsp3) is 0.133. The van der Waals surface area contributed by atoms with Crippen molar-refractivity contribution in [1.29, 1.82) is 0 Å². The molecule has 0 heterocycles. The highest BCUT2D eigenvalue weighted by molar-refractivity contribution is 5.90. The maximum Gasteiger partial charge on any atom is 0.573 e. The summed E-state index contributed by atoms with van der Waals surface area (Å²) in [6.45, 7) is 1.83. The van der Waals surface area contributed by atoms with Gasteiger partial charge in [-0.1, -0.05) is 29.8 Å². The fourth-order valence-electron chi connectivity index (χ4n) is 1.91. The van der Waals surface area contributed by atoms with Gasteiger partial charge in [-0.25, -0.2) is 4.79 Å².